The van der Waals surface area contributed by atoms with Crippen molar-refractivity contribution < 1.29 is 14.3 Å². The predicted molar refractivity (Wildman–Crippen MR) is 106 cm³/mol. The number of benzene rings is 2. The van der Waals surface area contributed by atoms with E-state index in [0.717, 1.165) is 11.1 Å². The van der Waals surface area contributed by atoms with Crippen LogP contribution in [0.25, 0.3) is 11.4 Å². The Morgan fingerprint density at radius 2 is 1.69 bits per heavy atom. The second-order valence-electron chi connectivity index (χ2n) is 6.85. The maximum absolute atomic E-state index is 12.7. The van der Waals surface area contributed by atoms with E-state index in [9.17, 15) is 9.59 Å². The van der Waals surface area contributed by atoms with Gasteiger partial charge in [-0.05, 0) is 16.7 Å². The summed E-state index contributed by atoms with van der Waals surface area (Å²) in [6, 6.07) is 18.1. The molecule has 1 amide bonds. The van der Waals surface area contributed by atoms with Gasteiger partial charge in [0, 0.05) is 5.56 Å². The first kappa shape index (κ1) is 20.2. The van der Waals surface area contributed by atoms with Crippen molar-refractivity contribution in [2.45, 2.75) is 26.5 Å². The van der Waals surface area contributed by atoms with E-state index in [1.54, 1.807) is 0 Å². The van der Waals surface area contributed by atoms with Crippen molar-refractivity contribution in [3.05, 3.63) is 66.2 Å². The molecule has 1 N–H and O–H groups in total. The van der Waals surface area contributed by atoms with Crippen LogP contribution >= 0.6 is 0 Å². The topological polar surface area (TPSA) is 99.0 Å². The van der Waals surface area contributed by atoms with Gasteiger partial charge >= 0.3 is 5.97 Å². The first-order chi connectivity index (χ1) is 14.0. The Bertz CT molecular complexity index is 941. The van der Waals surface area contributed by atoms with E-state index < -0.39 is 12.0 Å². The van der Waals surface area contributed by atoms with Gasteiger partial charge < -0.3 is 10.1 Å². The molecule has 0 aliphatic heterocycles. The van der Waals surface area contributed by atoms with Crippen LogP contribution in [0.15, 0.2) is 60.7 Å². The molecular weight excluding hydrogens is 370 g/mol. The third-order valence-corrected chi connectivity index (χ3v) is 4.26. The zero-order valence-electron chi connectivity index (χ0n) is 16.4. The Kier molecular flexibility index (Phi) is 6.67. The van der Waals surface area contributed by atoms with Crippen molar-refractivity contribution in [3.63, 3.8) is 0 Å². The molecule has 0 saturated carbocycles. The minimum absolute atomic E-state index is 0.104. The SMILES string of the molecule is CC(C)C(C(=O)NCC(=O)OCc1ccccc1)n1nnc(-c2ccccc2)n1. The second kappa shape index (κ2) is 9.59. The average Bonchev–Trinajstić information content (AvgIpc) is 3.21. The lowest BCUT2D eigenvalue weighted by molar-refractivity contribution is -0.145. The van der Waals surface area contributed by atoms with E-state index in [1.165, 1.54) is 4.80 Å². The highest BCUT2D eigenvalue weighted by molar-refractivity contribution is 5.84. The molecule has 8 nitrogen and oxygen atoms in total. The summed E-state index contributed by atoms with van der Waals surface area (Å²) >= 11 is 0. The Morgan fingerprint density at radius 1 is 1.03 bits per heavy atom. The summed E-state index contributed by atoms with van der Waals surface area (Å²) in [6.07, 6.45) is 0. The largest absolute Gasteiger partial charge is 0.460 e. The van der Waals surface area contributed by atoms with Crippen LogP contribution < -0.4 is 5.32 Å². The lowest BCUT2D eigenvalue weighted by Crippen LogP contribution is -2.39. The standard InChI is InChI=1S/C21H23N5O3/c1-15(2)19(26-24-20(23-25-26)17-11-7-4-8-12-17)21(28)22-13-18(27)29-14-16-9-5-3-6-10-16/h3-12,15,19H,13-14H2,1-2H3,(H,22,28). The third kappa shape index (κ3) is 5.47. The number of rotatable bonds is 8. The van der Waals surface area contributed by atoms with Gasteiger partial charge in [0.05, 0.1) is 0 Å². The summed E-state index contributed by atoms with van der Waals surface area (Å²) in [5, 5.41) is 15.0. The zero-order valence-corrected chi connectivity index (χ0v) is 16.4. The smallest absolute Gasteiger partial charge is 0.325 e. The highest BCUT2D eigenvalue weighted by Crippen LogP contribution is 2.18. The number of hydrogen-bond acceptors (Lipinski definition) is 6. The maximum atomic E-state index is 12.7. The summed E-state index contributed by atoms with van der Waals surface area (Å²) < 4.78 is 5.18. The number of ether oxygens (including phenoxy) is 1. The third-order valence-electron chi connectivity index (χ3n) is 4.26. The Balaban J connectivity index is 1.58. The van der Waals surface area contributed by atoms with Gasteiger partial charge in [0.2, 0.25) is 11.7 Å². The van der Waals surface area contributed by atoms with E-state index in [2.05, 4.69) is 20.7 Å². The van der Waals surface area contributed by atoms with Gasteiger partial charge in [0.1, 0.15) is 13.2 Å². The van der Waals surface area contributed by atoms with Crippen LogP contribution in [0.5, 0.6) is 0 Å². The van der Waals surface area contributed by atoms with Gasteiger partial charge in [-0.2, -0.15) is 4.80 Å². The van der Waals surface area contributed by atoms with Crippen LogP contribution in [0, 0.1) is 5.92 Å². The average molecular weight is 393 g/mol. The molecule has 0 saturated heterocycles. The molecule has 0 fully saturated rings. The second-order valence-corrected chi connectivity index (χ2v) is 6.85. The lowest BCUT2D eigenvalue weighted by Gasteiger charge is -2.18. The molecule has 0 spiro atoms. The molecule has 0 aliphatic rings. The van der Waals surface area contributed by atoms with Crippen molar-refractivity contribution in [2.75, 3.05) is 6.54 Å². The molecule has 0 radical (unpaired) electrons. The Hall–Kier alpha value is -3.55. The molecular formula is C21H23N5O3. The van der Waals surface area contributed by atoms with E-state index in [-0.39, 0.29) is 25.0 Å². The number of nitrogens with one attached hydrogen (secondary N) is 1. The predicted octanol–water partition coefficient (Wildman–Crippen LogP) is 2.40. The molecule has 8 heteroatoms. The lowest BCUT2D eigenvalue weighted by atomic mass is 10.0. The van der Waals surface area contributed by atoms with Crippen LogP contribution in [0.4, 0.5) is 0 Å². The Labute approximate surface area is 168 Å². The molecule has 1 aromatic heterocycles. The normalized spacial score (nSPS) is 11.8. The fourth-order valence-electron chi connectivity index (χ4n) is 2.77. The number of carbonyl (C=O) groups excluding carboxylic acids is 2. The Morgan fingerprint density at radius 3 is 2.34 bits per heavy atom. The van der Waals surface area contributed by atoms with Gasteiger partial charge in [0.25, 0.3) is 0 Å². The van der Waals surface area contributed by atoms with E-state index in [0.29, 0.717) is 5.82 Å². The summed E-state index contributed by atoms with van der Waals surface area (Å²) in [6.45, 7) is 3.69. The van der Waals surface area contributed by atoms with E-state index in [1.807, 2.05) is 74.5 Å². The molecule has 1 heterocycles. The number of hydrogen-bond donors (Lipinski definition) is 1. The quantitative estimate of drug-likeness (QED) is 0.590. The molecule has 29 heavy (non-hydrogen) atoms. The van der Waals surface area contributed by atoms with Crippen molar-refractivity contribution >= 4 is 11.9 Å². The number of nitrogens with zero attached hydrogens (tertiary/aromatic N) is 4. The molecule has 0 aliphatic carbocycles. The van der Waals surface area contributed by atoms with Crippen LogP contribution in [-0.4, -0.2) is 38.6 Å². The fourth-order valence-corrected chi connectivity index (χ4v) is 2.77. The molecule has 2 aromatic carbocycles. The van der Waals surface area contributed by atoms with Crippen LogP contribution in [0.3, 0.4) is 0 Å². The van der Waals surface area contributed by atoms with Gasteiger partial charge in [-0.25, -0.2) is 0 Å². The molecule has 3 aromatic rings. The molecule has 150 valence electrons. The van der Waals surface area contributed by atoms with Crippen LogP contribution in [0.1, 0.15) is 25.5 Å². The summed E-state index contributed by atoms with van der Waals surface area (Å²) in [5.74, 6) is -0.547. The van der Waals surface area contributed by atoms with Crippen LogP contribution in [0.2, 0.25) is 0 Å². The monoisotopic (exact) mass is 393 g/mol. The van der Waals surface area contributed by atoms with Gasteiger partial charge in [-0.15, -0.1) is 10.2 Å². The number of aromatic nitrogens is 4. The van der Waals surface area contributed by atoms with Crippen molar-refractivity contribution in [3.8, 4) is 11.4 Å². The first-order valence-corrected chi connectivity index (χ1v) is 9.37. The first-order valence-electron chi connectivity index (χ1n) is 9.37. The van der Waals surface area contributed by atoms with Gasteiger partial charge in [-0.1, -0.05) is 74.5 Å². The number of amides is 1. The molecule has 3 rings (SSSR count). The van der Waals surface area contributed by atoms with E-state index in [4.69, 9.17) is 4.74 Å². The highest BCUT2D eigenvalue weighted by atomic mass is 16.5. The summed E-state index contributed by atoms with van der Waals surface area (Å²) in [5.41, 5.74) is 1.69. The molecule has 1 atom stereocenters. The number of tetrazole rings is 1. The number of carbonyl (C=O) groups is 2. The van der Waals surface area contributed by atoms with Crippen molar-refractivity contribution in [2.24, 2.45) is 5.92 Å². The summed E-state index contributed by atoms with van der Waals surface area (Å²) in [7, 11) is 0. The van der Waals surface area contributed by atoms with Gasteiger partial charge in [0.15, 0.2) is 6.04 Å². The highest BCUT2D eigenvalue weighted by Gasteiger charge is 2.27. The fraction of sp³-hybridized carbons (Fsp3) is 0.286. The minimum Gasteiger partial charge on any atom is -0.460 e. The van der Waals surface area contributed by atoms with Crippen molar-refractivity contribution in [1.29, 1.82) is 0 Å². The minimum atomic E-state index is -0.693. The van der Waals surface area contributed by atoms with E-state index >= 15 is 0 Å². The van der Waals surface area contributed by atoms with Crippen molar-refractivity contribution in [1.82, 2.24) is 25.5 Å². The van der Waals surface area contributed by atoms with Gasteiger partial charge in [-0.3, -0.25) is 9.59 Å². The summed E-state index contributed by atoms with van der Waals surface area (Å²) in [4.78, 5) is 25.9. The molecule has 0 bridgehead atoms. The number of esters is 1. The zero-order chi connectivity index (χ0) is 20.6. The molecule has 1 unspecified atom stereocenters. The van der Waals surface area contributed by atoms with Crippen LogP contribution in [-0.2, 0) is 20.9 Å². The maximum Gasteiger partial charge on any atom is 0.325 e.